The number of carbonyl (C=O) groups is 1. The lowest BCUT2D eigenvalue weighted by Crippen LogP contribution is -2.49. The zero-order valence-corrected chi connectivity index (χ0v) is 21.5. The fourth-order valence-corrected chi connectivity index (χ4v) is 4.57. The normalized spacial score (nSPS) is 22.3. The van der Waals surface area contributed by atoms with Crippen LogP contribution >= 0.6 is 11.6 Å². The van der Waals surface area contributed by atoms with Crippen LogP contribution in [-0.4, -0.2) is 103 Å². The zero-order valence-electron chi connectivity index (χ0n) is 20.8. The molecule has 8 N–H and O–H groups in total. The van der Waals surface area contributed by atoms with Crippen molar-refractivity contribution in [2.75, 3.05) is 45.1 Å². The first kappa shape index (κ1) is 28.1. The van der Waals surface area contributed by atoms with E-state index in [2.05, 4.69) is 20.3 Å². The number of hydrogen-bond donors (Lipinski definition) is 6. The third kappa shape index (κ3) is 6.38. The maximum absolute atomic E-state index is 11.4. The summed E-state index contributed by atoms with van der Waals surface area (Å²) in [5.41, 5.74) is 11.5. The van der Waals surface area contributed by atoms with Crippen LogP contribution < -0.4 is 16.8 Å². The molecule has 0 radical (unpaired) electrons. The average molecular weight is 549 g/mol. The molecular formula is C24H33ClN8O5. The van der Waals surface area contributed by atoms with Gasteiger partial charge in [-0.1, -0.05) is 23.7 Å². The lowest BCUT2D eigenvalue weighted by Gasteiger charge is -2.30. The van der Waals surface area contributed by atoms with Crippen molar-refractivity contribution in [2.45, 2.75) is 36.8 Å². The predicted molar refractivity (Wildman–Crippen MR) is 140 cm³/mol. The number of fused-ring (bicyclic) bond motifs is 1. The molecule has 2 aromatic heterocycles. The minimum absolute atomic E-state index is 0.159. The number of nitrogen functional groups attached to an aromatic ring is 1. The van der Waals surface area contributed by atoms with Gasteiger partial charge in [-0.05, 0) is 37.1 Å². The Morgan fingerprint density at radius 1 is 1.26 bits per heavy atom. The van der Waals surface area contributed by atoms with Crippen LogP contribution in [0, 0.1) is 0 Å². The van der Waals surface area contributed by atoms with Gasteiger partial charge >= 0.3 is 5.97 Å². The van der Waals surface area contributed by atoms with Crippen LogP contribution in [0.1, 0.15) is 12.0 Å². The third-order valence-electron chi connectivity index (χ3n) is 6.73. The van der Waals surface area contributed by atoms with E-state index in [1.165, 1.54) is 17.2 Å². The minimum Gasteiger partial charge on any atom is -0.480 e. The number of nitrogens with two attached hydrogens (primary N) is 2. The zero-order chi connectivity index (χ0) is 27.3. The molecule has 0 saturated carbocycles. The van der Waals surface area contributed by atoms with Crippen molar-refractivity contribution in [2.24, 2.45) is 5.73 Å². The van der Waals surface area contributed by atoms with Gasteiger partial charge in [0.25, 0.3) is 0 Å². The van der Waals surface area contributed by atoms with Crippen LogP contribution in [0.5, 0.6) is 0 Å². The van der Waals surface area contributed by atoms with Crippen LogP contribution in [0.15, 0.2) is 36.9 Å². The number of carboxylic acids is 1. The highest BCUT2D eigenvalue weighted by molar-refractivity contribution is 6.30. The SMILES string of the molecule is Nc1ncnc2c1ncn2[C@@]1(O)COC(CN(CCNCCc2ccc(Cl)cc2)CCC(N)C(=O)O)[C@H]1O. The summed E-state index contributed by atoms with van der Waals surface area (Å²) < 4.78 is 7.16. The van der Waals surface area contributed by atoms with Crippen LogP contribution in [0.25, 0.3) is 11.2 Å². The Hall–Kier alpha value is -2.91. The number of carboxylic acid groups (broad SMARTS) is 1. The molecule has 206 valence electrons. The number of ether oxygens (including phenoxy) is 1. The van der Waals surface area contributed by atoms with Gasteiger partial charge < -0.3 is 36.8 Å². The molecule has 3 heterocycles. The number of aliphatic hydroxyl groups excluding tert-OH is 1. The van der Waals surface area contributed by atoms with E-state index in [1.54, 1.807) is 0 Å². The van der Waals surface area contributed by atoms with Crippen LogP contribution in [0.4, 0.5) is 5.82 Å². The molecule has 1 aliphatic rings. The van der Waals surface area contributed by atoms with E-state index in [0.29, 0.717) is 30.2 Å². The van der Waals surface area contributed by atoms with Crippen molar-refractivity contribution >= 4 is 34.6 Å². The minimum atomic E-state index is -1.82. The van der Waals surface area contributed by atoms with Crippen LogP contribution in [0.3, 0.4) is 0 Å². The lowest BCUT2D eigenvalue weighted by molar-refractivity contribution is -0.138. The van der Waals surface area contributed by atoms with Crippen molar-refractivity contribution in [3.63, 3.8) is 0 Å². The van der Waals surface area contributed by atoms with Gasteiger partial charge in [-0.3, -0.25) is 14.3 Å². The van der Waals surface area contributed by atoms with Gasteiger partial charge in [0.05, 0.1) is 12.9 Å². The highest BCUT2D eigenvalue weighted by Crippen LogP contribution is 2.33. The highest BCUT2D eigenvalue weighted by atomic mass is 35.5. The van der Waals surface area contributed by atoms with Gasteiger partial charge in [-0.2, -0.15) is 0 Å². The van der Waals surface area contributed by atoms with Gasteiger partial charge in [0, 0.05) is 31.2 Å². The summed E-state index contributed by atoms with van der Waals surface area (Å²) in [6.07, 6.45) is 1.57. The summed E-state index contributed by atoms with van der Waals surface area (Å²) in [7, 11) is 0. The number of hydrogen-bond acceptors (Lipinski definition) is 11. The van der Waals surface area contributed by atoms with Gasteiger partial charge in [0.15, 0.2) is 17.2 Å². The second-order valence-electron chi connectivity index (χ2n) is 9.38. The smallest absolute Gasteiger partial charge is 0.320 e. The van der Waals surface area contributed by atoms with E-state index in [0.717, 1.165) is 18.5 Å². The van der Waals surface area contributed by atoms with E-state index in [1.807, 2.05) is 29.2 Å². The van der Waals surface area contributed by atoms with Gasteiger partial charge in [-0.15, -0.1) is 0 Å². The molecule has 38 heavy (non-hydrogen) atoms. The molecule has 1 saturated heterocycles. The second-order valence-corrected chi connectivity index (χ2v) is 9.82. The number of halogens is 1. The Morgan fingerprint density at radius 2 is 2.03 bits per heavy atom. The number of benzene rings is 1. The summed E-state index contributed by atoms with van der Waals surface area (Å²) in [6.45, 7) is 2.33. The topological polar surface area (TPSA) is 198 Å². The van der Waals surface area contributed by atoms with Gasteiger partial charge in [0.2, 0.25) is 0 Å². The third-order valence-corrected chi connectivity index (χ3v) is 6.99. The van der Waals surface area contributed by atoms with Crippen molar-refractivity contribution in [3.05, 3.63) is 47.5 Å². The summed E-state index contributed by atoms with van der Waals surface area (Å²) in [5, 5.41) is 35.7. The van der Waals surface area contributed by atoms with Crippen molar-refractivity contribution < 1.29 is 24.9 Å². The Balaban J connectivity index is 1.37. The number of rotatable bonds is 13. The van der Waals surface area contributed by atoms with Gasteiger partial charge in [0.1, 0.15) is 30.1 Å². The first-order valence-corrected chi connectivity index (χ1v) is 12.7. The Kier molecular flexibility index (Phi) is 9.10. The molecule has 3 aromatic rings. The molecule has 4 rings (SSSR count). The molecule has 1 aliphatic heterocycles. The standard InChI is InChI=1S/C24H33ClN8O5/c25-16-3-1-15(2-4-16)5-7-28-8-10-32(9-6-17(26)23(35)36)11-18-20(34)24(37,12-38-18)33-14-31-19-21(27)29-13-30-22(19)33/h1-4,13-14,17-18,20,28,34,37H,5-12,26H2,(H,35,36)(H2,27,29,30)/t17?,18?,20-,24-/m1/s1. The van der Waals surface area contributed by atoms with E-state index < -0.39 is 29.9 Å². The lowest BCUT2D eigenvalue weighted by atomic mass is 10.0. The van der Waals surface area contributed by atoms with Crippen LogP contribution in [0.2, 0.25) is 5.02 Å². The molecule has 0 bridgehead atoms. The molecule has 2 unspecified atom stereocenters. The van der Waals surface area contributed by atoms with E-state index >= 15 is 0 Å². The number of nitrogens with one attached hydrogen (secondary N) is 1. The molecule has 4 atom stereocenters. The average Bonchev–Trinajstić information content (AvgIpc) is 3.46. The maximum atomic E-state index is 11.4. The Labute approximate surface area is 224 Å². The Morgan fingerprint density at radius 3 is 2.76 bits per heavy atom. The molecular weight excluding hydrogens is 516 g/mol. The van der Waals surface area contributed by atoms with E-state index in [9.17, 15) is 20.1 Å². The molecule has 0 aliphatic carbocycles. The fraction of sp³-hybridized carbons (Fsp3) is 0.500. The molecule has 13 nitrogen and oxygen atoms in total. The molecule has 1 aromatic carbocycles. The summed E-state index contributed by atoms with van der Waals surface area (Å²) in [6, 6.07) is 6.66. The second kappa shape index (κ2) is 12.3. The molecule has 14 heteroatoms. The molecule has 1 fully saturated rings. The Bertz CT molecular complexity index is 1230. The first-order valence-electron chi connectivity index (χ1n) is 12.3. The van der Waals surface area contributed by atoms with Gasteiger partial charge in [-0.25, -0.2) is 15.0 Å². The first-order chi connectivity index (χ1) is 18.2. The highest BCUT2D eigenvalue weighted by Gasteiger charge is 2.50. The van der Waals surface area contributed by atoms with E-state index in [-0.39, 0.29) is 31.0 Å². The summed E-state index contributed by atoms with van der Waals surface area (Å²) >= 11 is 5.93. The molecule has 0 spiro atoms. The fourth-order valence-electron chi connectivity index (χ4n) is 4.44. The molecule has 0 amide bonds. The summed E-state index contributed by atoms with van der Waals surface area (Å²) in [5.74, 6) is -0.919. The largest absolute Gasteiger partial charge is 0.480 e. The number of imidazole rings is 1. The predicted octanol–water partition coefficient (Wildman–Crippen LogP) is -0.597. The number of anilines is 1. The number of nitrogens with zero attached hydrogens (tertiary/aromatic N) is 5. The van der Waals surface area contributed by atoms with Crippen LogP contribution in [-0.2, 0) is 21.7 Å². The maximum Gasteiger partial charge on any atom is 0.320 e. The number of aromatic nitrogens is 4. The van der Waals surface area contributed by atoms with Crippen molar-refractivity contribution in [1.29, 1.82) is 0 Å². The van der Waals surface area contributed by atoms with Crippen molar-refractivity contribution in [1.82, 2.24) is 29.7 Å². The van der Waals surface area contributed by atoms with E-state index in [4.69, 9.17) is 27.8 Å². The van der Waals surface area contributed by atoms with Crippen molar-refractivity contribution in [3.8, 4) is 0 Å². The number of aliphatic hydroxyl groups is 2. The number of aliphatic carboxylic acids is 1. The quantitative estimate of drug-likeness (QED) is 0.148. The monoisotopic (exact) mass is 548 g/mol. The summed E-state index contributed by atoms with van der Waals surface area (Å²) in [4.78, 5) is 25.4.